The molecular formula is C19H28N6O2S. The Bertz CT molecular complexity index is 899. The summed E-state index contributed by atoms with van der Waals surface area (Å²) in [5.74, 6) is 0.440. The van der Waals surface area contributed by atoms with E-state index < -0.39 is 15.7 Å². The predicted octanol–water partition coefficient (Wildman–Crippen LogP) is 2.02. The van der Waals surface area contributed by atoms with Crippen LogP contribution in [0.2, 0.25) is 0 Å². The molecule has 9 heteroatoms. The Hall–Kier alpha value is -2.13. The summed E-state index contributed by atoms with van der Waals surface area (Å²) in [6, 6.07) is 6.88. The molecule has 3 aliphatic rings. The van der Waals surface area contributed by atoms with Gasteiger partial charge in [-0.3, -0.25) is 4.90 Å². The highest BCUT2D eigenvalue weighted by Crippen LogP contribution is 2.39. The fourth-order valence-electron chi connectivity index (χ4n) is 4.62. The average Bonchev–Trinajstić information content (AvgIpc) is 3.14. The van der Waals surface area contributed by atoms with Gasteiger partial charge in [-0.2, -0.15) is 4.99 Å². The number of nitrogens with zero attached hydrogens (tertiary/aromatic N) is 3. The third kappa shape index (κ3) is 3.60. The van der Waals surface area contributed by atoms with E-state index in [0.717, 1.165) is 57.8 Å². The van der Waals surface area contributed by atoms with Crippen LogP contribution in [0.5, 0.6) is 0 Å². The molecule has 2 aliphatic carbocycles. The predicted molar refractivity (Wildman–Crippen MR) is 111 cm³/mol. The van der Waals surface area contributed by atoms with Crippen molar-refractivity contribution in [2.24, 2.45) is 21.5 Å². The van der Waals surface area contributed by atoms with E-state index in [-0.39, 0.29) is 22.9 Å². The summed E-state index contributed by atoms with van der Waals surface area (Å²) >= 11 is 0. The lowest BCUT2D eigenvalue weighted by molar-refractivity contribution is 0.305. The van der Waals surface area contributed by atoms with E-state index in [2.05, 4.69) is 14.7 Å². The van der Waals surface area contributed by atoms with E-state index in [0.29, 0.717) is 5.69 Å². The lowest BCUT2D eigenvalue weighted by Crippen LogP contribution is -2.58. The number of guanidine groups is 2. The molecule has 0 atom stereocenters. The minimum Gasteiger partial charge on any atom is -0.369 e. The molecule has 5 N–H and O–H groups in total. The topological polar surface area (TPSA) is 126 Å². The molecule has 0 radical (unpaired) electrons. The van der Waals surface area contributed by atoms with E-state index in [9.17, 15) is 8.42 Å². The van der Waals surface area contributed by atoms with Crippen LogP contribution in [-0.4, -0.2) is 32.0 Å². The maximum absolute atomic E-state index is 12.9. The number of anilines is 1. The SMILES string of the molecule is NC1=NC2(CCCCC2)N(c2cccc(S(=O)(=O)NC3CCCC3)c2)C(N)=N1. The van der Waals surface area contributed by atoms with Crippen LogP contribution in [0.1, 0.15) is 57.8 Å². The van der Waals surface area contributed by atoms with Gasteiger partial charge < -0.3 is 11.5 Å². The van der Waals surface area contributed by atoms with Crippen molar-refractivity contribution in [3.63, 3.8) is 0 Å². The Balaban J connectivity index is 1.68. The van der Waals surface area contributed by atoms with Crippen LogP contribution in [0.15, 0.2) is 39.1 Å². The third-order valence-corrected chi connectivity index (χ3v) is 7.43. The second kappa shape index (κ2) is 7.36. The molecule has 0 bridgehead atoms. The fourth-order valence-corrected chi connectivity index (χ4v) is 5.96. The number of aliphatic imine (C=N–C) groups is 2. The second-order valence-electron chi connectivity index (χ2n) is 7.92. The van der Waals surface area contributed by atoms with Crippen LogP contribution in [0.3, 0.4) is 0 Å². The molecule has 2 fully saturated rings. The van der Waals surface area contributed by atoms with E-state index >= 15 is 0 Å². The minimum atomic E-state index is -3.59. The van der Waals surface area contributed by atoms with Gasteiger partial charge in [-0.1, -0.05) is 25.3 Å². The molecule has 0 aromatic heterocycles. The number of sulfonamides is 1. The molecule has 152 valence electrons. The monoisotopic (exact) mass is 404 g/mol. The molecule has 1 aliphatic heterocycles. The van der Waals surface area contributed by atoms with Gasteiger partial charge in [-0.25, -0.2) is 18.1 Å². The quantitative estimate of drug-likeness (QED) is 0.708. The van der Waals surface area contributed by atoms with Crippen LogP contribution in [-0.2, 0) is 10.0 Å². The fraction of sp³-hybridized carbons (Fsp3) is 0.579. The highest BCUT2D eigenvalue weighted by molar-refractivity contribution is 7.89. The Kier molecular flexibility index (Phi) is 5.05. The third-order valence-electron chi connectivity index (χ3n) is 5.91. The van der Waals surface area contributed by atoms with Gasteiger partial charge in [-0.05, 0) is 56.7 Å². The molecule has 2 saturated carbocycles. The van der Waals surface area contributed by atoms with Gasteiger partial charge in [-0.15, -0.1) is 0 Å². The van der Waals surface area contributed by atoms with E-state index in [1.54, 1.807) is 18.2 Å². The zero-order valence-electron chi connectivity index (χ0n) is 16.0. The van der Waals surface area contributed by atoms with Crippen LogP contribution >= 0.6 is 0 Å². The molecule has 28 heavy (non-hydrogen) atoms. The molecule has 1 spiro atoms. The molecule has 0 saturated heterocycles. The summed E-state index contributed by atoms with van der Waals surface area (Å²) in [6.07, 6.45) is 8.70. The zero-order chi connectivity index (χ0) is 19.8. The number of hydrogen-bond donors (Lipinski definition) is 3. The summed E-state index contributed by atoms with van der Waals surface area (Å²) in [6.45, 7) is 0. The van der Waals surface area contributed by atoms with Crippen molar-refractivity contribution in [2.45, 2.75) is 74.4 Å². The first-order valence-electron chi connectivity index (χ1n) is 10.0. The van der Waals surface area contributed by atoms with E-state index in [4.69, 9.17) is 11.5 Å². The molecule has 1 heterocycles. The highest BCUT2D eigenvalue weighted by atomic mass is 32.2. The van der Waals surface area contributed by atoms with Crippen LogP contribution in [0.25, 0.3) is 0 Å². The molecule has 4 rings (SSSR count). The number of hydrogen-bond acceptors (Lipinski definition) is 7. The smallest absolute Gasteiger partial charge is 0.240 e. The standard InChI is InChI=1S/C19H28N6O2S/c20-17-22-18(21)25(19(23-17)11-4-1-5-12-19)15-9-6-10-16(13-15)28(26,27)24-14-7-2-3-8-14/h6,9-10,13-14,24H,1-5,7-8,11-12H2,(H4,20,21,22,23). The van der Waals surface area contributed by atoms with Crippen molar-refractivity contribution < 1.29 is 8.42 Å². The lowest BCUT2D eigenvalue weighted by Gasteiger charge is -2.45. The van der Waals surface area contributed by atoms with Gasteiger partial charge in [0.05, 0.1) is 4.90 Å². The van der Waals surface area contributed by atoms with Crippen molar-refractivity contribution in [1.82, 2.24) is 4.72 Å². The maximum Gasteiger partial charge on any atom is 0.240 e. The normalized spacial score (nSPS) is 22.9. The molecular weight excluding hydrogens is 376 g/mol. The molecule has 0 unspecified atom stereocenters. The maximum atomic E-state index is 12.9. The largest absolute Gasteiger partial charge is 0.369 e. The second-order valence-corrected chi connectivity index (χ2v) is 9.63. The van der Waals surface area contributed by atoms with Gasteiger partial charge in [0.2, 0.25) is 21.9 Å². The number of benzene rings is 1. The first kappa shape index (κ1) is 19.2. The van der Waals surface area contributed by atoms with Crippen LogP contribution < -0.4 is 21.1 Å². The first-order chi connectivity index (χ1) is 13.4. The van der Waals surface area contributed by atoms with Crippen molar-refractivity contribution in [1.29, 1.82) is 0 Å². The Morgan fingerprint density at radius 1 is 1.07 bits per heavy atom. The molecule has 8 nitrogen and oxygen atoms in total. The lowest BCUT2D eigenvalue weighted by atomic mass is 9.87. The van der Waals surface area contributed by atoms with E-state index in [1.165, 1.54) is 0 Å². The average molecular weight is 405 g/mol. The Labute approximate surface area is 166 Å². The highest BCUT2D eigenvalue weighted by Gasteiger charge is 2.42. The number of nitrogens with one attached hydrogen (secondary N) is 1. The number of rotatable bonds is 4. The van der Waals surface area contributed by atoms with Crippen molar-refractivity contribution in [3.05, 3.63) is 24.3 Å². The zero-order valence-corrected chi connectivity index (χ0v) is 16.8. The van der Waals surface area contributed by atoms with E-state index in [1.807, 2.05) is 11.0 Å². The van der Waals surface area contributed by atoms with Gasteiger partial charge in [0.25, 0.3) is 0 Å². The number of nitrogens with two attached hydrogens (primary N) is 2. The summed E-state index contributed by atoms with van der Waals surface area (Å²) in [5, 5.41) is 0. The van der Waals surface area contributed by atoms with Gasteiger partial charge >= 0.3 is 0 Å². The van der Waals surface area contributed by atoms with Gasteiger partial charge in [0.1, 0.15) is 5.66 Å². The molecule has 1 aromatic rings. The van der Waals surface area contributed by atoms with Gasteiger partial charge in [0, 0.05) is 11.7 Å². The van der Waals surface area contributed by atoms with Crippen molar-refractivity contribution in [3.8, 4) is 0 Å². The molecule has 0 amide bonds. The van der Waals surface area contributed by atoms with Gasteiger partial charge in [0.15, 0.2) is 0 Å². The minimum absolute atomic E-state index is 0.0179. The summed E-state index contributed by atoms with van der Waals surface area (Å²) < 4.78 is 28.6. The Morgan fingerprint density at radius 2 is 1.79 bits per heavy atom. The summed E-state index contributed by atoms with van der Waals surface area (Å²) in [7, 11) is -3.59. The van der Waals surface area contributed by atoms with Crippen LogP contribution in [0, 0.1) is 0 Å². The van der Waals surface area contributed by atoms with Crippen molar-refractivity contribution >= 4 is 27.6 Å². The molecule has 1 aromatic carbocycles. The van der Waals surface area contributed by atoms with Crippen LogP contribution in [0.4, 0.5) is 5.69 Å². The first-order valence-corrected chi connectivity index (χ1v) is 11.5. The summed E-state index contributed by atoms with van der Waals surface area (Å²) in [4.78, 5) is 10.9. The summed E-state index contributed by atoms with van der Waals surface area (Å²) in [5.41, 5.74) is 12.2. The van der Waals surface area contributed by atoms with Crippen molar-refractivity contribution in [2.75, 3.05) is 4.90 Å². The Morgan fingerprint density at radius 3 is 2.50 bits per heavy atom.